The molecule has 2 fully saturated rings. The van der Waals surface area contributed by atoms with Crippen LogP contribution in [0.3, 0.4) is 0 Å². The maximum atomic E-state index is 6.51. The third kappa shape index (κ3) is 2.55. The summed E-state index contributed by atoms with van der Waals surface area (Å²) in [6.07, 6.45) is 11.7. The molecule has 2 aromatic rings. The van der Waals surface area contributed by atoms with Crippen LogP contribution in [0.1, 0.15) is 44.9 Å². The first-order valence-corrected chi connectivity index (χ1v) is 8.96. The Labute approximate surface area is 134 Å². The fraction of sp³-hybridized carbons (Fsp3) is 0.556. The van der Waals surface area contributed by atoms with Gasteiger partial charge in [0.2, 0.25) is 0 Å². The molecule has 1 atom stereocenters. The van der Waals surface area contributed by atoms with Gasteiger partial charge >= 0.3 is 0 Å². The zero-order valence-corrected chi connectivity index (χ0v) is 13.9. The Bertz CT molecular complexity index is 642. The molecule has 2 heterocycles. The molecule has 1 spiro atoms. The van der Waals surface area contributed by atoms with Gasteiger partial charge in [-0.05, 0) is 43.9 Å². The molecule has 1 aliphatic heterocycles. The molecule has 112 valence electrons. The average Bonchev–Trinajstić information content (AvgIpc) is 3.07. The molecule has 3 heteroatoms. The van der Waals surface area contributed by atoms with Crippen molar-refractivity contribution in [2.45, 2.75) is 63.2 Å². The molecule has 2 aliphatic rings. The van der Waals surface area contributed by atoms with Crippen LogP contribution in [0.5, 0.6) is 0 Å². The molecule has 1 aromatic carbocycles. The van der Waals surface area contributed by atoms with E-state index >= 15 is 0 Å². The van der Waals surface area contributed by atoms with Gasteiger partial charge in [-0.1, -0.05) is 41.3 Å². The van der Waals surface area contributed by atoms with Crippen molar-refractivity contribution in [3.63, 3.8) is 0 Å². The summed E-state index contributed by atoms with van der Waals surface area (Å²) in [6, 6.07) is 8.62. The highest BCUT2D eigenvalue weighted by molar-refractivity contribution is 9.10. The van der Waals surface area contributed by atoms with Gasteiger partial charge in [0.25, 0.3) is 0 Å². The van der Waals surface area contributed by atoms with Crippen molar-refractivity contribution in [3.8, 4) is 0 Å². The summed E-state index contributed by atoms with van der Waals surface area (Å²) in [5.41, 5.74) is 1.53. The van der Waals surface area contributed by atoms with E-state index in [0.717, 1.165) is 6.54 Å². The molecule has 1 aliphatic carbocycles. The largest absolute Gasteiger partial charge is 0.370 e. The van der Waals surface area contributed by atoms with Crippen LogP contribution >= 0.6 is 15.9 Å². The van der Waals surface area contributed by atoms with Crippen LogP contribution in [-0.4, -0.2) is 16.3 Å². The summed E-state index contributed by atoms with van der Waals surface area (Å²) in [7, 11) is 0. The Kier molecular flexibility index (Phi) is 3.58. The second kappa shape index (κ2) is 5.44. The Hall–Kier alpha value is -0.800. The zero-order chi connectivity index (χ0) is 14.3. The highest BCUT2D eigenvalue weighted by atomic mass is 79.9. The molecule has 0 radical (unpaired) electrons. The molecular formula is C18H22BrNO. The standard InChI is InChI=1S/C18H22BrNO/c19-16-5-4-6-17-15(16)8-12-20(17)13-14-7-11-18(21-14)9-2-1-3-10-18/h4-6,8,12,14H,1-3,7,9-11,13H2. The highest BCUT2D eigenvalue weighted by Crippen LogP contribution is 2.42. The lowest BCUT2D eigenvalue weighted by molar-refractivity contribution is -0.0676. The van der Waals surface area contributed by atoms with Crippen LogP contribution in [0.25, 0.3) is 10.9 Å². The molecule has 0 amide bonds. The van der Waals surface area contributed by atoms with Crippen molar-refractivity contribution in [1.29, 1.82) is 0 Å². The third-order valence-electron chi connectivity index (χ3n) is 5.26. The Balaban J connectivity index is 1.52. The first kappa shape index (κ1) is 13.8. The molecule has 1 unspecified atom stereocenters. The van der Waals surface area contributed by atoms with Crippen LogP contribution in [0.15, 0.2) is 34.9 Å². The second-order valence-corrected chi connectivity index (χ2v) is 7.52. The predicted octanol–water partition coefficient (Wildman–Crippen LogP) is 5.29. The number of rotatable bonds is 2. The van der Waals surface area contributed by atoms with E-state index < -0.39 is 0 Å². The van der Waals surface area contributed by atoms with Crippen molar-refractivity contribution in [3.05, 3.63) is 34.9 Å². The lowest BCUT2D eigenvalue weighted by Crippen LogP contribution is -2.32. The van der Waals surface area contributed by atoms with Gasteiger partial charge < -0.3 is 9.30 Å². The fourth-order valence-corrected chi connectivity index (χ4v) is 4.64. The molecule has 21 heavy (non-hydrogen) atoms. The summed E-state index contributed by atoms with van der Waals surface area (Å²) < 4.78 is 10.0. The van der Waals surface area contributed by atoms with Gasteiger partial charge in [-0.25, -0.2) is 0 Å². The van der Waals surface area contributed by atoms with Crippen molar-refractivity contribution in [2.75, 3.05) is 0 Å². The highest BCUT2D eigenvalue weighted by Gasteiger charge is 2.40. The number of aromatic nitrogens is 1. The summed E-state index contributed by atoms with van der Waals surface area (Å²) in [6.45, 7) is 0.988. The van der Waals surface area contributed by atoms with Crippen molar-refractivity contribution < 1.29 is 4.74 Å². The fourth-order valence-electron chi connectivity index (χ4n) is 4.15. The monoisotopic (exact) mass is 347 g/mol. The van der Waals surface area contributed by atoms with E-state index in [1.165, 1.54) is 60.3 Å². The van der Waals surface area contributed by atoms with E-state index in [9.17, 15) is 0 Å². The van der Waals surface area contributed by atoms with E-state index in [0.29, 0.717) is 6.10 Å². The predicted molar refractivity (Wildman–Crippen MR) is 89.6 cm³/mol. The van der Waals surface area contributed by atoms with Crippen LogP contribution in [-0.2, 0) is 11.3 Å². The van der Waals surface area contributed by atoms with E-state index in [2.05, 4.69) is 51.0 Å². The zero-order valence-electron chi connectivity index (χ0n) is 12.4. The third-order valence-corrected chi connectivity index (χ3v) is 5.96. The maximum Gasteiger partial charge on any atom is 0.0762 e. The van der Waals surface area contributed by atoms with Crippen molar-refractivity contribution >= 4 is 26.8 Å². The molecule has 2 nitrogen and oxygen atoms in total. The molecule has 1 aromatic heterocycles. The van der Waals surface area contributed by atoms with E-state index in [-0.39, 0.29) is 5.60 Å². The van der Waals surface area contributed by atoms with Gasteiger partial charge in [0.15, 0.2) is 0 Å². The molecular weight excluding hydrogens is 326 g/mol. The van der Waals surface area contributed by atoms with Crippen LogP contribution in [0.2, 0.25) is 0 Å². The second-order valence-electron chi connectivity index (χ2n) is 6.66. The molecule has 1 saturated carbocycles. The minimum atomic E-state index is 0.229. The minimum Gasteiger partial charge on any atom is -0.370 e. The topological polar surface area (TPSA) is 14.2 Å². The minimum absolute atomic E-state index is 0.229. The van der Waals surface area contributed by atoms with Crippen LogP contribution in [0.4, 0.5) is 0 Å². The molecule has 1 saturated heterocycles. The number of hydrogen-bond acceptors (Lipinski definition) is 1. The SMILES string of the molecule is Brc1cccc2c1ccn2CC1CCC2(CCCCC2)O1. The number of hydrogen-bond donors (Lipinski definition) is 0. The lowest BCUT2D eigenvalue weighted by atomic mass is 9.83. The van der Waals surface area contributed by atoms with E-state index in [1.807, 2.05) is 0 Å². The maximum absolute atomic E-state index is 6.51. The number of halogens is 1. The Morgan fingerprint density at radius 3 is 2.86 bits per heavy atom. The quantitative estimate of drug-likeness (QED) is 0.720. The average molecular weight is 348 g/mol. The van der Waals surface area contributed by atoms with Crippen LogP contribution in [0, 0.1) is 0 Å². The number of nitrogens with zero attached hydrogens (tertiary/aromatic N) is 1. The van der Waals surface area contributed by atoms with Crippen LogP contribution < -0.4 is 0 Å². The number of ether oxygens (including phenoxy) is 1. The summed E-state index contributed by atoms with van der Waals surface area (Å²) in [4.78, 5) is 0. The molecule has 0 N–H and O–H groups in total. The van der Waals surface area contributed by atoms with Gasteiger partial charge in [-0.3, -0.25) is 0 Å². The van der Waals surface area contributed by atoms with E-state index in [1.54, 1.807) is 0 Å². The van der Waals surface area contributed by atoms with Crippen molar-refractivity contribution in [2.24, 2.45) is 0 Å². The van der Waals surface area contributed by atoms with Gasteiger partial charge in [0.05, 0.1) is 11.7 Å². The molecule has 4 rings (SSSR count). The first-order valence-electron chi connectivity index (χ1n) is 8.17. The Morgan fingerprint density at radius 1 is 1.14 bits per heavy atom. The van der Waals surface area contributed by atoms with E-state index in [4.69, 9.17) is 4.74 Å². The summed E-state index contributed by atoms with van der Waals surface area (Å²) in [5, 5.41) is 1.29. The lowest BCUT2D eigenvalue weighted by Gasteiger charge is -2.33. The number of benzene rings is 1. The van der Waals surface area contributed by atoms with Gasteiger partial charge in [-0.15, -0.1) is 0 Å². The smallest absolute Gasteiger partial charge is 0.0762 e. The van der Waals surface area contributed by atoms with Gasteiger partial charge in [0, 0.05) is 28.1 Å². The van der Waals surface area contributed by atoms with Crippen molar-refractivity contribution in [1.82, 2.24) is 4.57 Å². The molecule has 0 bridgehead atoms. The number of fused-ring (bicyclic) bond motifs is 1. The van der Waals surface area contributed by atoms with Gasteiger partial charge in [-0.2, -0.15) is 0 Å². The first-order chi connectivity index (χ1) is 10.3. The summed E-state index contributed by atoms with van der Waals surface area (Å²) in [5.74, 6) is 0. The summed E-state index contributed by atoms with van der Waals surface area (Å²) >= 11 is 3.64. The Morgan fingerprint density at radius 2 is 2.00 bits per heavy atom. The van der Waals surface area contributed by atoms with Gasteiger partial charge in [0.1, 0.15) is 0 Å². The normalized spacial score (nSPS) is 24.9.